The van der Waals surface area contributed by atoms with Crippen LogP contribution in [0.3, 0.4) is 0 Å². The first kappa shape index (κ1) is 27.1. The zero-order valence-electron chi connectivity index (χ0n) is 21.9. The van der Waals surface area contributed by atoms with Crippen LogP contribution in [-0.4, -0.2) is 59.3 Å². The zero-order chi connectivity index (χ0) is 27.2. The van der Waals surface area contributed by atoms with Gasteiger partial charge in [-0.15, -0.1) is 0 Å². The molecule has 204 valence electrons. The van der Waals surface area contributed by atoms with E-state index in [0.29, 0.717) is 33.3 Å². The van der Waals surface area contributed by atoms with Crippen LogP contribution in [0, 0.1) is 10.1 Å². The van der Waals surface area contributed by atoms with E-state index in [9.17, 15) is 10.1 Å². The molecular weight excluding hydrogens is 536 g/mol. The molecule has 0 unspecified atom stereocenters. The Morgan fingerprint density at radius 2 is 1.51 bits per heavy atom. The highest BCUT2D eigenvalue weighted by molar-refractivity contribution is 7.99. The molecule has 2 aliphatic heterocycles. The summed E-state index contributed by atoms with van der Waals surface area (Å²) in [6.45, 7) is 3.72. The third kappa shape index (κ3) is 6.96. The molecule has 0 spiro atoms. The Hall–Kier alpha value is -3.44. The standard InChI is InChI=1S/C27H31ClN8O2S/c1-33(25-30-26(34-14-4-2-5-15-34)32-27(31-25)35-16-6-3-7-17-35)29-19-20-8-13-24(23(18-20)36(37)38)39-22-11-9-21(28)10-12-22/h8-13,18-19H,2-7,14-17H2,1H3. The van der Waals surface area contributed by atoms with Gasteiger partial charge in [0.15, 0.2) is 0 Å². The van der Waals surface area contributed by atoms with E-state index in [0.717, 1.165) is 56.8 Å². The first-order valence-electron chi connectivity index (χ1n) is 13.2. The summed E-state index contributed by atoms with van der Waals surface area (Å²) in [5.74, 6) is 1.81. The molecule has 2 saturated heterocycles. The highest BCUT2D eigenvalue weighted by Gasteiger charge is 2.22. The fourth-order valence-corrected chi connectivity index (χ4v) is 5.66. The summed E-state index contributed by atoms with van der Waals surface area (Å²) in [4.78, 5) is 31.6. The van der Waals surface area contributed by atoms with E-state index < -0.39 is 0 Å². The lowest BCUT2D eigenvalue weighted by Crippen LogP contribution is -2.35. The molecule has 10 nitrogen and oxygen atoms in total. The summed E-state index contributed by atoms with van der Waals surface area (Å²) in [6, 6.07) is 12.3. The average molecular weight is 567 g/mol. The smallest absolute Gasteiger partial charge is 0.283 e. The first-order chi connectivity index (χ1) is 19.0. The van der Waals surface area contributed by atoms with Crippen LogP contribution in [0.1, 0.15) is 44.1 Å². The van der Waals surface area contributed by atoms with E-state index in [1.165, 1.54) is 30.7 Å². The fourth-order valence-electron chi connectivity index (χ4n) is 4.64. The number of hydrogen-bond donors (Lipinski definition) is 0. The van der Waals surface area contributed by atoms with Crippen molar-refractivity contribution in [2.75, 3.05) is 48.0 Å². The second-order valence-electron chi connectivity index (χ2n) is 9.64. The van der Waals surface area contributed by atoms with Crippen LogP contribution in [0.5, 0.6) is 0 Å². The average Bonchev–Trinajstić information content (AvgIpc) is 2.98. The lowest BCUT2D eigenvalue weighted by Gasteiger charge is -2.30. The van der Waals surface area contributed by atoms with E-state index in [4.69, 9.17) is 26.6 Å². The summed E-state index contributed by atoms with van der Waals surface area (Å²) < 4.78 is 0. The van der Waals surface area contributed by atoms with Crippen LogP contribution in [-0.2, 0) is 0 Å². The van der Waals surface area contributed by atoms with Crippen LogP contribution in [0.15, 0.2) is 57.4 Å². The van der Waals surface area contributed by atoms with E-state index in [-0.39, 0.29) is 10.6 Å². The van der Waals surface area contributed by atoms with Crippen molar-refractivity contribution in [1.82, 2.24) is 15.0 Å². The van der Waals surface area contributed by atoms with Crippen LogP contribution >= 0.6 is 23.4 Å². The van der Waals surface area contributed by atoms with Gasteiger partial charge in [-0.3, -0.25) is 10.1 Å². The molecular formula is C27H31ClN8O2S. The van der Waals surface area contributed by atoms with Crippen LogP contribution < -0.4 is 14.8 Å². The number of benzene rings is 2. The number of rotatable bonds is 8. The number of piperidine rings is 2. The van der Waals surface area contributed by atoms with Crippen molar-refractivity contribution in [1.29, 1.82) is 0 Å². The molecule has 2 fully saturated rings. The fraction of sp³-hybridized carbons (Fsp3) is 0.407. The topological polar surface area (TPSA) is 104 Å². The van der Waals surface area contributed by atoms with Gasteiger partial charge in [-0.2, -0.15) is 20.1 Å². The number of hydrazone groups is 1. The van der Waals surface area contributed by atoms with Crippen molar-refractivity contribution in [3.8, 4) is 0 Å². The Bertz CT molecular complexity index is 1290. The summed E-state index contributed by atoms with van der Waals surface area (Å²) in [6.07, 6.45) is 8.53. The zero-order valence-corrected chi connectivity index (χ0v) is 23.4. The van der Waals surface area contributed by atoms with E-state index in [1.54, 1.807) is 36.5 Å². The summed E-state index contributed by atoms with van der Waals surface area (Å²) >= 11 is 7.28. The monoisotopic (exact) mass is 566 g/mol. The number of nitro benzene ring substituents is 1. The van der Waals surface area contributed by atoms with Gasteiger partial charge in [-0.1, -0.05) is 29.4 Å². The molecule has 0 aliphatic carbocycles. The van der Waals surface area contributed by atoms with Gasteiger partial charge in [0.2, 0.25) is 11.9 Å². The van der Waals surface area contributed by atoms with Gasteiger partial charge < -0.3 is 9.80 Å². The quantitative estimate of drug-likeness (QED) is 0.183. The molecule has 0 saturated carbocycles. The SMILES string of the molecule is CN(N=Cc1ccc(Sc2ccc(Cl)cc2)c([N+](=O)[O-])c1)c1nc(N2CCCCC2)nc(N2CCCCC2)n1. The predicted octanol–water partition coefficient (Wildman–Crippen LogP) is 6.04. The van der Waals surface area contributed by atoms with Crippen molar-refractivity contribution in [3.05, 3.63) is 63.2 Å². The number of halogens is 1. The Balaban J connectivity index is 1.38. The number of aromatic nitrogens is 3. The number of anilines is 3. The lowest BCUT2D eigenvalue weighted by molar-refractivity contribution is -0.387. The van der Waals surface area contributed by atoms with Crippen molar-refractivity contribution in [2.24, 2.45) is 5.10 Å². The molecule has 2 aliphatic rings. The van der Waals surface area contributed by atoms with Gasteiger partial charge in [0, 0.05) is 54.8 Å². The second-order valence-corrected chi connectivity index (χ2v) is 11.2. The van der Waals surface area contributed by atoms with E-state index in [2.05, 4.69) is 14.9 Å². The highest BCUT2D eigenvalue weighted by Crippen LogP contribution is 2.35. The van der Waals surface area contributed by atoms with Crippen molar-refractivity contribution < 1.29 is 4.92 Å². The Morgan fingerprint density at radius 1 is 0.923 bits per heavy atom. The molecule has 0 radical (unpaired) electrons. The van der Waals surface area contributed by atoms with Crippen molar-refractivity contribution >= 4 is 53.1 Å². The molecule has 0 bridgehead atoms. The molecule has 12 heteroatoms. The van der Waals surface area contributed by atoms with Crippen LogP contribution in [0.4, 0.5) is 23.5 Å². The Labute approximate surface area is 237 Å². The third-order valence-corrected chi connectivity index (χ3v) is 8.09. The first-order valence-corrected chi connectivity index (χ1v) is 14.4. The maximum Gasteiger partial charge on any atom is 0.283 e. The van der Waals surface area contributed by atoms with Gasteiger partial charge in [0.05, 0.1) is 16.0 Å². The predicted molar refractivity (Wildman–Crippen MR) is 157 cm³/mol. The maximum absolute atomic E-state index is 11.8. The normalized spacial score (nSPS) is 16.1. The number of nitro groups is 1. The van der Waals surface area contributed by atoms with Gasteiger partial charge >= 0.3 is 0 Å². The maximum atomic E-state index is 11.8. The lowest BCUT2D eigenvalue weighted by atomic mass is 10.1. The van der Waals surface area contributed by atoms with Crippen LogP contribution in [0.2, 0.25) is 5.02 Å². The van der Waals surface area contributed by atoms with E-state index in [1.807, 2.05) is 18.2 Å². The van der Waals surface area contributed by atoms with Crippen LogP contribution in [0.25, 0.3) is 0 Å². The molecule has 1 aromatic heterocycles. The minimum Gasteiger partial charge on any atom is -0.341 e. The van der Waals surface area contributed by atoms with Gasteiger partial charge in [0.1, 0.15) is 0 Å². The molecule has 39 heavy (non-hydrogen) atoms. The summed E-state index contributed by atoms with van der Waals surface area (Å²) in [5, 5.41) is 18.6. The second kappa shape index (κ2) is 12.6. The summed E-state index contributed by atoms with van der Waals surface area (Å²) in [5.41, 5.74) is 0.622. The molecule has 3 heterocycles. The molecule has 2 aromatic carbocycles. The van der Waals surface area contributed by atoms with Gasteiger partial charge in [-0.25, -0.2) is 5.01 Å². The van der Waals surface area contributed by atoms with Crippen molar-refractivity contribution in [3.63, 3.8) is 0 Å². The number of hydrogen-bond acceptors (Lipinski definition) is 10. The highest BCUT2D eigenvalue weighted by atomic mass is 35.5. The molecule has 0 amide bonds. The minimum atomic E-state index is -0.374. The third-order valence-electron chi connectivity index (χ3n) is 6.77. The molecule has 0 atom stereocenters. The largest absolute Gasteiger partial charge is 0.341 e. The molecule has 3 aromatic rings. The molecule has 0 N–H and O–H groups in total. The Morgan fingerprint density at radius 3 is 2.08 bits per heavy atom. The molecule has 5 rings (SSSR count). The van der Waals surface area contributed by atoms with Gasteiger partial charge in [-0.05, 0) is 68.9 Å². The van der Waals surface area contributed by atoms with Gasteiger partial charge in [0.25, 0.3) is 11.6 Å². The van der Waals surface area contributed by atoms with Crippen molar-refractivity contribution in [2.45, 2.75) is 48.3 Å². The minimum absolute atomic E-state index is 0.0153. The van der Waals surface area contributed by atoms with E-state index >= 15 is 0 Å². The Kier molecular flexibility index (Phi) is 8.77. The summed E-state index contributed by atoms with van der Waals surface area (Å²) in [7, 11) is 1.78. The number of nitrogens with zero attached hydrogens (tertiary/aromatic N) is 8.